The fourth-order valence-electron chi connectivity index (χ4n) is 3.98. The van der Waals surface area contributed by atoms with Crippen LogP contribution in [0.15, 0.2) is 65.1 Å². The number of fused-ring (bicyclic) bond motifs is 1. The summed E-state index contributed by atoms with van der Waals surface area (Å²) in [6.07, 6.45) is 3.07. The molecule has 0 unspecified atom stereocenters. The Bertz CT molecular complexity index is 1520. The van der Waals surface area contributed by atoms with Crippen molar-refractivity contribution in [3.63, 3.8) is 0 Å². The standard InChI is InChI=1S/C26H22FNO6S/c1-35(31,32)14-28-22-13-23-21(12-20(22)15-2-3-15)24(26(29)30)25(34-23)16-4-8-18(9-5-16)33-19-10-6-17(27)7-11-19/h4-13,15,28H,2-3,14H2,1H3,(H,29,30). The van der Waals surface area contributed by atoms with E-state index in [-0.39, 0.29) is 28.9 Å². The quantitative estimate of drug-likeness (QED) is 0.308. The molecule has 0 aliphatic heterocycles. The largest absolute Gasteiger partial charge is 0.478 e. The Kier molecular flexibility index (Phi) is 5.72. The van der Waals surface area contributed by atoms with Crippen LogP contribution in [0.25, 0.3) is 22.3 Å². The van der Waals surface area contributed by atoms with E-state index < -0.39 is 15.8 Å². The maximum Gasteiger partial charge on any atom is 0.340 e. The van der Waals surface area contributed by atoms with Crippen LogP contribution in [0, 0.1) is 5.82 Å². The molecule has 7 nitrogen and oxygen atoms in total. The average molecular weight is 496 g/mol. The third-order valence-electron chi connectivity index (χ3n) is 5.78. The Morgan fingerprint density at radius 2 is 1.71 bits per heavy atom. The molecule has 1 aromatic heterocycles. The first kappa shape index (κ1) is 22.9. The Balaban J connectivity index is 1.52. The van der Waals surface area contributed by atoms with Crippen LogP contribution in [-0.2, 0) is 9.84 Å². The number of aromatic carboxylic acids is 1. The Hall–Kier alpha value is -3.85. The topological polar surface area (TPSA) is 106 Å². The van der Waals surface area contributed by atoms with Gasteiger partial charge in [0.05, 0.1) is 0 Å². The summed E-state index contributed by atoms with van der Waals surface area (Å²) in [6.45, 7) is 0. The minimum Gasteiger partial charge on any atom is -0.478 e. The van der Waals surface area contributed by atoms with Crippen LogP contribution in [0.2, 0.25) is 0 Å². The smallest absolute Gasteiger partial charge is 0.340 e. The normalized spacial score (nSPS) is 13.7. The summed E-state index contributed by atoms with van der Waals surface area (Å²) in [5.74, 6) is -0.297. The van der Waals surface area contributed by atoms with Crippen molar-refractivity contribution in [1.29, 1.82) is 0 Å². The fraction of sp³-hybridized carbons (Fsp3) is 0.192. The number of benzene rings is 3. The molecule has 0 amide bonds. The van der Waals surface area contributed by atoms with E-state index in [2.05, 4.69) is 5.32 Å². The first-order chi connectivity index (χ1) is 16.7. The highest BCUT2D eigenvalue weighted by Crippen LogP contribution is 2.46. The number of hydrogen-bond acceptors (Lipinski definition) is 6. The third kappa shape index (κ3) is 5.00. The molecule has 1 fully saturated rings. The van der Waals surface area contributed by atoms with Crippen molar-refractivity contribution < 1.29 is 31.9 Å². The third-order valence-corrected chi connectivity index (χ3v) is 6.45. The van der Waals surface area contributed by atoms with Gasteiger partial charge in [-0.25, -0.2) is 17.6 Å². The van der Waals surface area contributed by atoms with Crippen molar-refractivity contribution in [2.75, 3.05) is 17.4 Å². The fourth-order valence-corrected chi connectivity index (χ4v) is 4.40. The number of halogens is 1. The molecule has 0 radical (unpaired) electrons. The molecular weight excluding hydrogens is 473 g/mol. The van der Waals surface area contributed by atoms with Crippen LogP contribution in [-0.4, -0.2) is 31.6 Å². The molecule has 35 heavy (non-hydrogen) atoms. The lowest BCUT2D eigenvalue weighted by molar-refractivity contribution is 0.0699. The molecule has 4 aromatic rings. The highest BCUT2D eigenvalue weighted by atomic mass is 32.2. The predicted molar refractivity (Wildman–Crippen MR) is 130 cm³/mol. The van der Waals surface area contributed by atoms with Gasteiger partial charge in [0, 0.05) is 29.0 Å². The number of rotatable bonds is 8. The van der Waals surface area contributed by atoms with Crippen LogP contribution in [0.5, 0.6) is 11.5 Å². The van der Waals surface area contributed by atoms with Gasteiger partial charge in [0.15, 0.2) is 9.84 Å². The minimum absolute atomic E-state index is 0.0452. The van der Waals surface area contributed by atoms with Crippen LogP contribution in [0.1, 0.15) is 34.7 Å². The van der Waals surface area contributed by atoms with Gasteiger partial charge in [-0.3, -0.25) is 0 Å². The van der Waals surface area contributed by atoms with Crippen LogP contribution < -0.4 is 10.1 Å². The summed E-state index contributed by atoms with van der Waals surface area (Å²) in [5, 5.41) is 13.4. The van der Waals surface area contributed by atoms with Crippen molar-refractivity contribution in [2.24, 2.45) is 0 Å². The molecule has 5 rings (SSSR count). The number of hydrogen-bond donors (Lipinski definition) is 2. The number of carboxylic acids is 1. The summed E-state index contributed by atoms with van der Waals surface area (Å²) in [6, 6.07) is 15.8. The SMILES string of the molecule is CS(=O)(=O)CNc1cc2oc(-c3ccc(Oc4ccc(F)cc4)cc3)c(C(=O)O)c2cc1C1CC1. The van der Waals surface area contributed by atoms with Crippen molar-refractivity contribution in [2.45, 2.75) is 18.8 Å². The van der Waals surface area contributed by atoms with Gasteiger partial charge in [-0.15, -0.1) is 0 Å². The summed E-state index contributed by atoms with van der Waals surface area (Å²) >= 11 is 0. The van der Waals surface area contributed by atoms with Crippen molar-refractivity contribution >= 4 is 32.5 Å². The van der Waals surface area contributed by atoms with Gasteiger partial charge in [0.1, 0.15) is 40.1 Å². The molecule has 0 bridgehead atoms. The summed E-state index contributed by atoms with van der Waals surface area (Å²) in [4.78, 5) is 12.2. The van der Waals surface area contributed by atoms with Gasteiger partial charge in [-0.05, 0) is 78.9 Å². The van der Waals surface area contributed by atoms with Crippen molar-refractivity contribution in [3.05, 3.63) is 77.6 Å². The van der Waals surface area contributed by atoms with E-state index in [4.69, 9.17) is 9.15 Å². The molecule has 0 saturated heterocycles. The Morgan fingerprint density at radius 3 is 2.29 bits per heavy atom. The molecular formula is C26H22FNO6S. The zero-order valence-corrected chi connectivity index (χ0v) is 19.6. The van der Waals surface area contributed by atoms with Gasteiger partial charge >= 0.3 is 5.97 Å². The first-order valence-electron chi connectivity index (χ1n) is 11.0. The minimum atomic E-state index is -3.25. The summed E-state index contributed by atoms with van der Waals surface area (Å²) < 4.78 is 48.1. The number of sulfone groups is 1. The molecule has 2 N–H and O–H groups in total. The van der Waals surface area contributed by atoms with E-state index in [9.17, 15) is 22.7 Å². The number of carboxylic acid groups (broad SMARTS) is 1. The predicted octanol–water partition coefficient (Wildman–Crippen LogP) is 6.02. The molecule has 180 valence electrons. The van der Waals surface area contributed by atoms with E-state index in [0.717, 1.165) is 24.7 Å². The average Bonchev–Trinajstić information content (AvgIpc) is 3.58. The number of nitrogens with one attached hydrogen (secondary N) is 1. The van der Waals surface area contributed by atoms with Crippen molar-refractivity contribution in [1.82, 2.24) is 0 Å². The van der Waals surface area contributed by atoms with Gasteiger partial charge in [0.25, 0.3) is 0 Å². The highest BCUT2D eigenvalue weighted by molar-refractivity contribution is 7.90. The molecule has 0 spiro atoms. The zero-order valence-electron chi connectivity index (χ0n) is 18.7. The lowest BCUT2D eigenvalue weighted by Crippen LogP contribution is -2.13. The van der Waals surface area contributed by atoms with Crippen molar-refractivity contribution in [3.8, 4) is 22.8 Å². The Morgan fingerprint density at radius 1 is 1.09 bits per heavy atom. The molecule has 1 aliphatic rings. The monoisotopic (exact) mass is 495 g/mol. The molecule has 0 atom stereocenters. The van der Waals surface area contributed by atoms with Gasteiger partial charge < -0.3 is 19.6 Å². The molecule has 1 heterocycles. The second-order valence-electron chi connectivity index (χ2n) is 8.65. The second kappa shape index (κ2) is 8.74. The lowest BCUT2D eigenvalue weighted by Gasteiger charge is -2.11. The van der Waals surface area contributed by atoms with E-state index in [1.165, 1.54) is 24.3 Å². The van der Waals surface area contributed by atoms with E-state index in [1.54, 1.807) is 36.4 Å². The van der Waals surface area contributed by atoms with Gasteiger partial charge in [-0.2, -0.15) is 0 Å². The van der Waals surface area contributed by atoms with Crippen LogP contribution in [0.4, 0.5) is 10.1 Å². The van der Waals surface area contributed by atoms with Gasteiger partial charge in [-0.1, -0.05) is 0 Å². The molecule has 9 heteroatoms. The molecule has 1 aliphatic carbocycles. The van der Waals surface area contributed by atoms with E-state index >= 15 is 0 Å². The molecule has 3 aromatic carbocycles. The number of anilines is 1. The van der Waals surface area contributed by atoms with Crippen LogP contribution in [0.3, 0.4) is 0 Å². The maximum atomic E-state index is 13.1. The zero-order chi connectivity index (χ0) is 24.7. The Labute approximate surface area is 201 Å². The van der Waals surface area contributed by atoms with E-state index in [0.29, 0.717) is 33.7 Å². The summed E-state index contributed by atoms with van der Waals surface area (Å²) in [5.41, 5.74) is 2.46. The first-order valence-corrected chi connectivity index (χ1v) is 13.0. The number of carbonyl (C=O) groups is 1. The number of ether oxygens (including phenoxy) is 1. The lowest BCUT2D eigenvalue weighted by atomic mass is 10.0. The number of furan rings is 1. The van der Waals surface area contributed by atoms with E-state index in [1.807, 2.05) is 0 Å². The maximum absolute atomic E-state index is 13.1. The summed E-state index contributed by atoms with van der Waals surface area (Å²) in [7, 11) is -3.25. The van der Waals surface area contributed by atoms with Gasteiger partial charge in [0.2, 0.25) is 0 Å². The highest BCUT2D eigenvalue weighted by Gasteiger charge is 2.30. The second-order valence-corrected chi connectivity index (χ2v) is 10.8. The molecule has 1 saturated carbocycles. The van der Waals surface area contributed by atoms with Crippen LogP contribution >= 0.6 is 0 Å².